The average Bonchev–Trinajstić information content (AvgIpc) is 3.05. The van der Waals surface area contributed by atoms with Crippen LogP contribution < -0.4 is 10.6 Å². The zero-order valence-electron chi connectivity index (χ0n) is 15.8. The first kappa shape index (κ1) is 19.8. The number of rotatable bonds is 7. The molecule has 8 heteroatoms. The van der Waals surface area contributed by atoms with Crippen molar-refractivity contribution in [3.8, 4) is 0 Å². The van der Waals surface area contributed by atoms with Crippen molar-refractivity contribution in [1.29, 1.82) is 0 Å². The number of para-hydroxylation sites is 2. The van der Waals surface area contributed by atoms with E-state index in [9.17, 15) is 9.59 Å². The second kappa shape index (κ2) is 9.27. The molecule has 28 heavy (non-hydrogen) atoms. The van der Waals surface area contributed by atoms with Crippen LogP contribution in [0.1, 0.15) is 11.4 Å². The number of carbonyl (C=O) groups is 2. The summed E-state index contributed by atoms with van der Waals surface area (Å²) in [5.74, 6) is 1.56. The number of nitrogens with one attached hydrogen (secondary N) is 2. The van der Waals surface area contributed by atoms with Gasteiger partial charge >= 0.3 is 6.09 Å². The molecule has 0 saturated heterocycles. The van der Waals surface area contributed by atoms with Crippen LogP contribution in [0.2, 0.25) is 0 Å². The molecule has 0 bridgehead atoms. The van der Waals surface area contributed by atoms with Crippen molar-refractivity contribution in [2.24, 2.45) is 0 Å². The highest BCUT2D eigenvalue weighted by atomic mass is 32.2. The Morgan fingerprint density at radius 3 is 2.61 bits per heavy atom. The molecule has 0 spiro atoms. The summed E-state index contributed by atoms with van der Waals surface area (Å²) >= 11 is 1.67. The minimum absolute atomic E-state index is 0.0812. The summed E-state index contributed by atoms with van der Waals surface area (Å²) in [6.07, 6.45) is 1.50. The van der Waals surface area contributed by atoms with E-state index in [-0.39, 0.29) is 12.5 Å². The number of anilines is 1. The van der Waals surface area contributed by atoms with E-state index >= 15 is 0 Å². The quantitative estimate of drug-likeness (QED) is 0.637. The van der Waals surface area contributed by atoms with Crippen molar-refractivity contribution < 1.29 is 14.3 Å². The minimum atomic E-state index is -0.519. The van der Waals surface area contributed by atoms with Gasteiger partial charge in [-0.15, -0.1) is 0 Å². The van der Waals surface area contributed by atoms with Gasteiger partial charge in [-0.3, -0.25) is 10.1 Å². The van der Waals surface area contributed by atoms with E-state index in [0.717, 1.165) is 28.2 Å². The molecule has 0 aliphatic heterocycles. The summed E-state index contributed by atoms with van der Waals surface area (Å²) in [5.41, 5.74) is 3.42. The molecular weight excluding hydrogens is 376 g/mol. The molecule has 2 aromatic carbocycles. The van der Waals surface area contributed by atoms with Crippen LogP contribution in [0.4, 0.5) is 10.5 Å². The number of hydrogen-bond donors (Lipinski definition) is 2. The number of benzene rings is 2. The highest BCUT2D eigenvalue weighted by Crippen LogP contribution is 2.19. The maximum atomic E-state index is 12.5. The maximum absolute atomic E-state index is 12.5. The third kappa shape index (κ3) is 4.83. The lowest BCUT2D eigenvalue weighted by atomic mass is 10.2. The molecule has 0 aliphatic rings. The molecule has 0 unspecified atom stereocenters. The fraction of sp³-hybridized carbons (Fsp3) is 0.250. The van der Waals surface area contributed by atoms with Crippen LogP contribution in [0.3, 0.4) is 0 Å². The molecular formula is C20H22N4O3S. The Morgan fingerprint density at radius 2 is 1.89 bits per heavy atom. The molecule has 2 N–H and O–H groups in total. The molecule has 3 rings (SSSR count). The Balaban J connectivity index is 1.62. The highest BCUT2D eigenvalue weighted by molar-refractivity contribution is 7.97. The van der Waals surface area contributed by atoms with Crippen molar-refractivity contribution >= 4 is 40.5 Å². The van der Waals surface area contributed by atoms with Gasteiger partial charge in [-0.2, -0.15) is 11.8 Å². The number of fused-ring (bicyclic) bond motifs is 1. The average molecular weight is 398 g/mol. The number of aromatic nitrogens is 2. The lowest BCUT2D eigenvalue weighted by Crippen LogP contribution is -2.27. The topological polar surface area (TPSA) is 85.3 Å². The standard InChI is InChI=1S/C20H22N4O3S/c1-27-20(26)22-15-9-7-14(8-10-15)11-21-19(25)12-24-17-6-4-3-5-16(17)23-18(24)13-28-2/h3-10H,11-13H2,1-2H3,(H,21,25)(H,22,26). The zero-order chi connectivity index (χ0) is 19.9. The van der Waals surface area contributed by atoms with Gasteiger partial charge in [0.05, 0.1) is 23.9 Å². The van der Waals surface area contributed by atoms with Gasteiger partial charge in [-0.1, -0.05) is 24.3 Å². The SMILES string of the molecule is COC(=O)Nc1ccc(CNC(=O)Cn2c(CSC)nc3ccccc32)cc1. The van der Waals surface area contributed by atoms with Crippen LogP contribution in [-0.2, 0) is 28.4 Å². The Kier molecular flexibility index (Phi) is 6.54. The zero-order valence-corrected chi connectivity index (χ0v) is 16.6. The molecule has 0 aliphatic carbocycles. The Bertz CT molecular complexity index is 969. The van der Waals surface area contributed by atoms with Gasteiger partial charge < -0.3 is 14.6 Å². The van der Waals surface area contributed by atoms with Gasteiger partial charge in [-0.05, 0) is 36.1 Å². The third-order valence-electron chi connectivity index (χ3n) is 4.18. The normalized spacial score (nSPS) is 10.6. The number of ether oxygens (including phenoxy) is 1. The van der Waals surface area contributed by atoms with Crippen LogP contribution in [0.5, 0.6) is 0 Å². The van der Waals surface area contributed by atoms with Crippen molar-refractivity contribution in [2.45, 2.75) is 18.8 Å². The van der Waals surface area contributed by atoms with Crippen molar-refractivity contribution in [1.82, 2.24) is 14.9 Å². The first-order valence-corrected chi connectivity index (χ1v) is 10.1. The number of imidazole rings is 1. The molecule has 1 aromatic heterocycles. The minimum Gasteiger partial charge on any atom is -0.453 e. The van der Waals surface area contributed by atoms with Gasteiger partial charge in [-0.25, -0.2) is 9.78 Å². The van der Waals surface area contributed by atoms with Gasteiger partial charge in [0.15, 0.2) is 0 Å². The van der Waals surface area contributed by atoms with Crippen molar-refractivity contribution in [3.63, 3.8) is 0 Å². The molecule has 0 radical (unpaired) electrons. The number of nitrogens with zero attached hydrogens (tertiary/aromatic N) is 2. The number of amides is 2. The molecule has 7 nitrogen and oxygen atoms in total. The van der Waals surface area contributed by atoms with E-state index in [2.05, 4.69) is 20.4 Å². The summed E-state index contributed by atoms with van der Waals surface area (Å²) in [6, 6.07) is 15.0. The maximum Gasteiger partial charge on any atom is 0.411 e. The Labute approximate surface area is 167 Å². The van der Waals surface area contributed by atoms with E-state index in [0.29, 0.717) is 12.2 Å². The second-order valence-electron chi connectivity index (χ2n) is 6.13. The third-order valence-corrected chi connectivity index (χ3v) is 4.73. The molecule has 146 valence electrons. The Morgan fingerprint density at radius 1 is 1.14 bits per heavy atom. The van der Waals surface area contributed by atoms with Crippen LogP contribution >= 0.6 is 11.8 Å². The number of thioether (sulfide) groups is 1. The highest BCUT2D eigenvalue weighted by Gasteiger charge is 2.13. The van der Waals surface area contributed by atoms with E-state index in [1.807, 2.05) is 47.2 Å². The predicted molar refractivity (Wildman–Crippen MR) is 111 cm³/mol. The van der Waals surface area contributed by atoms with Crippen molar-refractivity contribution in [3.05, 3.63) is 59.9 Å². The number of hydrogen-bond acceptors (Lipinski definition) is 5. The summed E-state index contributed by atoms with van der Waals surface area (Å²) < 4.78 is 6.52. The largest absolute Gasteiger partial charge is 0.453 e. The molecule has 0 fully saturated rings. The number of methoxy groups -OCH3 is 1. The van der Waals surface area contributed by atoms with E-state index in [4.69, 9.17) is 0 Å². The van der Waals surface area contributed by atoms with E-state index < -0.39 is 6.09 Å². The lowest BCUT2D eigenvalue weighted by molar-refractivity contribution is -0.121. The van der Waals surface area contributed by atoms with Crippen LogP contribution in [-0.4, -0.2) is 34.9 Å². The van der Waals surface area contributed by atoms with Crippen LogP contribution in [0.15, 0.2) is 48.5 Å². The van der Waals surface area contributed by atoms with Gasteiger partial charge in [0.25, 0.3) is 0 Å². The summed E-state index contributed by atoms with van der Waals surface area (Å²) in [4.78, 5) is 28.3. The lowest BCUT2D eigenvalue weighted by Gasteiger charge is -2.10. The van der Waals surface area contributed by atoms with Gasteiger partial charge in [0.2, 0.25) is 5.91 Å². The Hall–Kier alpha value is -3.00. The summed E-state index contributed by atoms with van der Waals surface area (Å²) in [7, 11) is 1.31. The fourth-order valence-corrected chi connectivity index (χ4v) is 3.29. The molecule has 0 saturated carbocycles. The molecule has 2 amide bonds. The fourth-order valence-electron chi connectivity index (χ4n) is 2.82. The van der Waals surface area contributed by atoms with Gasteiger partial charge in [0, 0.05) is 12.2 Å². The monoisotopic (exact) mass is 398 g/mol. The second-order valence-corrected chi connectivity index (χ2v) is 6.99. The van der Waals surface area contributed by atoms with Crippen molar-refractivity contribution in [2.75, 3.05) is 18.7 Å². The molecule has 3 aromatic rings. The number of carbonyl (C=O) groups excluding carboxylic acids is 2. The summed E-state index contributed by atoms with van der Waals surface area (Å²) in [5, 5.41) is 5.52. The van der Waals surface area contributed by atoms with E-state index in [1.165, 1.54) is 7.11 Å². The predicted octanol–water partition coefficient (Wildman–Crippen LogP) is 3.39. The first-order chi connectivity index (χ1) is 13.6. The van der Waals surface area contributed by atoms with E-state index in [1.54, 1.807) is 23.9 Å². The molecule has 1 heterocycles. The first-order valence-electron chi connectivity index (χ1n) is 8.74. The van der Waals surface area contributed by atoms with Crippen LogP contribution in [0, 0.1) is 0 Å². The smallest absolute Gasteiger partial charge is 0.411 e. The summed E-state index contributed by atoms with van der Waals surface area (Å²) in [6.45, 7) is 0.625. The van der Waals surface area contributed by atoms with Gasteiger partial charge in [0.1, 0.15) is 12.4 Å². The molecule has 0 atom stereocenters. The van der Waals surface area contributed by atoms with Crippen LogP contribution in [0.25, 0.3) is 11.0 Å².